The summed E-state index contributed by atoms with van der Waals surface area (Å²) < 4.78 is 0. The molecule has 0 bridgehead atoms. The number of thioether (sulfide) groups is 2. The van der Waals surface area contributed by atoms with Crippen LogP contribution in [0.5, 0.6) is 0 Å². The second kappa shape index (κ2) is 4.76. The molecule has 0 amide bonds. The molecule has 1 fully saturated rings. The van der Waals surface area contributed by atoms with Crippen LogP contribution in [0, 0.1) is 16.7 Å². The van der Waals surface area contributed by atoms with E-state index in [9.17, 15) is 0 Å². The van der Waals surface area contributed by atoms with Gasteiger partial charge in [-0.15, -0.1) is 0 Å². The molecule has 0 aromatic rings. The molecule has 0 unspecified atom stereocenters. The van der Waals surface area contributed by atoms with E-state index in [1.54, 1.807) is 0 Å². The maximum Gasteiger partial charge on any atom is 0.151 e. The van der Waals surface area contributed by atoms with Gasteiger partial charge in [0.25, 0.3) is 0 Å². The maximum absolute atomic E-state index is 7.08. The number of amidine groups is 2. The zero-order valence-corrected chi connectivity index (χ0v) is 8.88. The summed E-state index contributed by atoms with van der Waals surface area (Å²) in [7, 11) is 0. The molecule has 4 nitrogen and oxygen atoms in total. The number of hydrogen-bond donors (Lipinski definition) is 4. The highest BCUT2D eigenvalue weighted by Crippen LogP contribution is 2.38. The van der Waals surface area contributed by atoms with E-state index in [0.29, 0.717) is 11.2 Å². The van der Waals surface area contributed by atoms with Crippen LogP contribution >= 0.6 is 23.5 Å². The third-order valence-electron chi connectivity index (χ3n) is 1.96. The Hall–Kier alpha value is -0.360. The van der Waals surface area contributed by atoms with Gasteiger partial charge in [0.05, 0.1) is 0 Å². The van der Waals surface area contributed by atoms with E-state index in [-0.39, 0.29) is 10.3 Å². The maximum atomic E-state index is 7.08. The minimum atomic E-state index is 0.197. The van der Waals surface area contributed by atoms with Crippen molar-refractivity contribution in [3.8, 4) is 0 Å². The van der Waals surface area contributed by atoms with Gasteiger partial charge in [0.15, 0.2) is 10.3 Å². The van der Waals surface area contributed by atoms with E-state index in [1.165, 1.54) is 23.5 Å². The van der Waals surface area contributed by atoms with E-state index in [4.69, 9.17) is 22.3 Å². The highest BCUT2D eigenvalue weighted by molar-refractivity contribution is 8.14. The van der Waals surface area contributed by atoms with Crippen LogP contribution in [0.25, 0.3) is 0 Å². The van der Waals surface area contributed by atoms with Gasteiger partial charge in [-0.3, -0.25) is 10.8 Å². The van der Waals surface area contributed by atoms with Crippen molar-refractivity contribution in [3.63, 3.8) is 0 Å². The van der Waals surface area contributed by atoms with Gasteiger partial charge in [0.2, 0.25) is 0 Å². The summed E-state index contributed by atoms with van der Waals surface area (Å²) >= 11 is 2.85. The van der Waals surface area contributed by atoms with Crippen molar-refractivity contribution in [2.45, 2.75) is 18.1 Å². The van der Waals surface area contributed by atoms with Crippen molar-refractivity contribution in [1.29, 1.82) is 10.8 Å². The standard InChI is InChI=1S/C7H14N4S2/c8-6(9)12-3-4-1-5(2-4)13-7(10)11/h4-5H,1-3H2,(H3,8,9)(H3,10,11). The molecule has 0 saturated heterocycles. The Labute approximate surface area is 86.2 Å². The van der Waals surface area contributed by atoms with E-state index in [2.05, 4.69) is 0 Å². The van der Waals surface area contributed by atoms with Crippen molar-refractivity contribution in [1.82, 2.24) is 0 Å². The van der Waals surface area contributed by atoms with Gasteiger partial charge in [0.1, 0.15) is 0 Å². The average molecular weight is 218 g/mol. The Balaban J connectivity index is 2.05. The zero-order chi connectivity index (χ0) is 9.84. The summed E-state index contributed by atoms with van der Waals surface area (Å²) in [5.74, 6) is 1.59. The van der Waals surface area contributed by atoms with Gasteiger partial charge in [0, 0.05) is 11.0 Å². The van der Waals surface area contributed by atoms with E-state index in [1.807, 2.05) is 0 Å². The van der Waals surface area contributed by atoms with Crippen LogP contribution in [0.4, 0.5) is 0 Å². The number of nitrogens with two attached hydrogens (primary N) is 2. The molecule has 0 spiro atoms. The fourth-order valence-corrected chi connectivity index (χ4v) is 3.08. The summed E-state index contributed by atoms with van der Waals surface area (Å²) in [6, 6.07) is 0. The SMILES string of the molecule is N=C(N)SCC1CC(SC(=N)N)C1. The lowest BCUT2D eigenvalue weighted by molar-refractivity contribution is 0.369. The fraction of sp³-hybridized carbons (Fsp3) is 0.714. The summed E-state index contributed by atoms with van der Waals surface area (Å²) in [6.07, 6.45) is 2.20. The van der Waals surface area contributed by atoms with Gasteiger partial charge in [-0.1, -0.05) is 23.5 Å². The Kier molecular flexibility index (Phi) is 3.92. The molecule has 0 atom stereocenters. The molecule has 1 aliphatic rings. The third-order valence-corrected chi connectivity index (χ3v) is 3.88. The molecular formula is C7H14N4S2. The van der Waals surface area contributed by atoms with Crippen LogP contribution in [-0.4, -0.2) is 21.3 Å². The Bertz CT molecular complexity index is 213. The van der Waals surface area contributed by atoms with Gasteiger partial charge in [-0.05, 0) is 18.8 Å². The van der Waals surface area contributed by atoms with Gasteiger partial charge >= 0.3 is 0 Å². The van der Waals surface area contributed by atoms with Crippen LogP contribution in [0.3, 0.4) is 0 Å². The summed E-state index contributed by atoms with van der Waals surface area (Å²) in [5, 5.41) is 15.0. The first-order chi connectivity index (χ1) is 6.08. The topological polar surface area (TPSA) is 99.7 Å². The molecule has 6 heteroatoms. The minimum absolute atomic E-state index is 0.197. The van der Waals surface area contributed by atoms with Crippen molar-refractivity contribution in [2.75, 3.05) is 5.75 Å². The summed E-state index contributed by atoms with van der Waals surface area (Å²) in [5.41, 5.74) is 10.5. The highest BCUT2D eigenvalue weighted by atomic mass is 32.2. The molecule has 0 radical (unpaired) electrons. The largest absolute Gasteiger partial charge is 0.379 e. The number of hydrogen-bond acceptors (Lipinski definition) is 4. The van der Waals surface area contributed by atoms with Gasteiger partial charge in [-0.25, -0.2) is 0 Å². The lowest BCUT2D eigenvalue weighted by Crippen LogP contribution is -2.30. The first-order valence-electron chi connectivity index (χ1n) is 4.05. The number of nitrogens with one attached hydrogen (secondary N) is 2. The molecule has 0 aliphatic heterocycles. The Morgan fingerprint density at radius 3 is 2.31 bits per heavy atom. The van der Waals surface area contributed by atoms with Crippen molar-refractivity contribution >= 4 is 33.9 Å². The van der Waals surface area contributed by atoms with Crippen LogP contribution in [0.2, 0.25) is 0 Å². The molecule has 74 valence electrons. The van der Waals surface area contributed by atoms with Crippen LogP contribution in [0.1, 0.15) is 12.8 Å². The first kappa shape index (κ1) is 10.7. The summed E-state index contributed by atoms with van der Waals surface area (Å²) in [4.78, 5) is 0. The van der Waals surface area contributed by atoms with E-state index >= 15 is 0 Å². The van der Waals surface area contributed by atoms with Crippen molar-refractivity contribution < 1.29 is 0 Å². The van der Waals surface area contributed by atoms with Crippen LogP contribution in [0.15, 0.2) is 0 Å². The highest BCUT2D eigenvalue weighted by Gasteiger charge is 2.30. The van der Waals surface area contributed by atoms with Gasteiger partial charge < -0.3 is 11.5 Å². The molecule has 0 aromatic heterocycles. The molecule has 1 saturated carbocycles. The van der Waals surface area contributed by atoms with Crippen LogP contribution in [-0.2, 0) is 0 Å². The number of rotatable bonds is 3. The molecule has 0 heterocycles. The molecule has 0 aromatic carbocycles. The first-order valence-corrected chi connectivity index (χ1v) is 5.92. The predicted molar refractivity (Wildman–Crippen MR) is 60.4 cm³/mol. The molecule has 1 aliphatic carbocycles. The predicted octanol–water partition coefficient (Wildman–Crippen LogP) is 1.02. The molecular weight excluding hydrogens is 204 g/mol. The smallest absolute Gasteiger partial charge is 0.151 e. The monoisotopic (exact) mass is 218 g/mol. The molecule has 1 rings (SSSR count). The fourth-order valence-electron chi connectivity index (χ4n) is 1.29. The quantitative estimate of drug-likeness (QED) is 0.420. The minimum Gasteiger partial charge on any atom is -0.379 e. The average Bonchev–Trinajstić information content (AvgIpc) is 1.92. The van der Waals surface area contributed by atoms with E-state index < -0.39 is 0 Å². The summed E-state index contributed by atoms with van der Waals surface area (Å²) in [6.45, 7) is 0. The Morgan fingerprint density at radius 1 is 1.23 bits per heavy atom. The molecule has 13 heavy (non-hydrogen) atoms. The van der Waals surface area contributed by atoms with Gasteiger partial charge in [-0.2, -0.15) is 0 Å². The molecule has 6 N–H and O–H groups in total. The van der Waals surface area contributed by atoms with E-state index in [0.717, 1.165) is 18.6 Å². The Morgan fingerprint density at radius 2 is 1.85 bits per heavy atom. The normalized spacial score (nSPS) is 26.5. The van der Waals surface area contributed by atoms with Crippen LogP contribution < -0.4 is 11.5 Å². The second-order valence-electron chi connectivity index (χ2n) is 3.12. The lowest BCUT2D eigenvalue weighted by atomic mass is 9.86. The zero-order valence-electron chi connectivity index (χ0n) is 7.25. The van der Waals surface area contributed by atoms with Crippen molar-refractivity contribution in [2.24, 2.45) is 17.4 Å². The van der Waals surface area contributed by atoms with Crippen molar-refractivity contribution in [3.05, 3.63) is 0 Å². The lowest BCUT2D eigenvalue weighted by Gasteiger charge is -2.33. The second-order valence-corrected chi connectivity index (χ2v) is 5.52. The third kappa shape index (κ3) is 3.91.